The maximum atomic E-state index is 11.7. The molecule has 0 aromatic carbocycles. The summed E-state index contributed by atoms with van der Waals surface area (Å²) in [5, 5.41) is 2.81. The van der Waals surface area contributed by atoms with Gasteiger partial charge in [-0.15, -0.1) is 0 Å². The van der Waals surface area contributed by atoms with Crippen LogP contribution in [-0.4, -0.2) is 44.5 Å². The van der Waals surface area contributed by atoms with Crippen molar-refractivity contribution in [3.8, 4) is 0 Å². The van der Waals surface area contributed by atoms with Crippen molar-refractivity contribution in [1.29, 1.82) is 0 Å². The van der Waals surface area contributed by atoms with E-state index < -0.39 is 10.0 Å². The van der Waals surface area contributed by atoms with Gasteiger partial charge in [-0.3, -0.25) is 4.79 Å². The first kappa shape index (κ1) is 13.4. The Morgan fingerprint density at radius 2 is 2.19 bits per heavy atom. The van der Waals surface area contributed by atoms with E-state index in [0.717, 1.165) is 19.3 Å². The second-order valence-electron chi connectivity index (χ2n) is 4.25. The maximum absolute atomic E-state index is 11.7. The number of hydrogen-bond donors (Lipinski definition) is 1. The van der Waals surface area contributed by atoms with E-state index in [9.17, 15) is 13.2 Å². The van der Waals surface area contributed by atoms with E-state index in [1.807, 2.05) is 6.92 Å². The Balaban J connectivity index is 2.54. The predicted molar refractivity (Wildman–Crippen MR) is 62.4 cm³/mol. The van der Waals surface area contributed by atoms with Crippen molar-refractivity contribution in [3.63, 3.8) is 0 Å². The van der Waals surface area contributed by atoms with Crippen LogP contribution in [0.3, 0.4) is 0 Å². The van der Waals surface area contributed by atoms with E-state index in [2.05, 4.69) is 5.32 Å². The van der Waals surface area contributed by atoms with Crippen LogP contribution in [-0.2, 0) is 14.8 Å². The van der Waals surface area contributed by atoms with Crippen molar-refractivity contribution in [2.24, 2.45) is 5.92 Å². The monoisotopic (exact) mass is 248 g/mol. The molecule has 1 heterocycles. The highest BCUT2D eigenvalue weighted by molar-refractivity contribution is 7.88. The van der Waals surface area contributed by atoms with Crippen molar-refractivity contribution in [3.05, 3.63) is 0 Å². The van der Waals surface area contributed by atoms with Crippen molar-refractivity contribution in [2.45, 2.75) is 26.2 Å². The van der Waals surface area contributed by atoms with Gasteiger partial charge in [-0.2, -0.15) is 0 Å². The van der Waals surface area contributed by atoms with Crippen molar-refractivity contribution in [2.75, 3.05) is 25.9 Å². The molecule has 1 aliphatic rings. The number of amides is 1. The van der Waals surface area contributed by atoms with Crippen LogP contribution in [0.2, 0.25) is 0 Å². The molecule has 0 saturated carbocycles. The van der Waals surface area contributed by atoms with E-state index in [4.69, 9.17) is 0 Å². The summed E-state index contributed by atoms with van der Waals surface area (Å²) in [6.45, 7) is 3.52. The molecule has 5 nitrogen and oxygen atoms in total. The number of rotatable bonds is 4. The van der Waals surface area contributed by atoms with E-state index in [0.29, 0.717) is 19.6 Å². The molecule has 1 saturated heterocycles. The molecule has 6 heteroatoms. The molecule has 0 spiro atoms. The highest BCUT2D eigenvalue weighted by Gasteiger charge is 2.29. The zero-order valence-corrected chi connectivity index (χ0v) is 10.7. The lowest BCUT2D eigenvalue weighted by molar-refractivity contribution is -0.126. The first-order chi connectivity index (χ1) is 7.45. The predicted octanol–water partition coefficient (Wildman–Crippen LogP) is 0.184. The van der Waals surface area contributed by atoms with Crippen LogP contribution in [0.15, 0.2) is 0 Å². The molecule has 16 heavy (non-hydrogen) atoms. The third-order valence-electron chi connectivity index (χ3n) is 2.77. The smallest absolute Gasteiger partial charge is 0.224 e. The summed E-state index contributed by atoms with van der Waals surface area (Å²) in [4.78, 5) is 11.7. The summed E-state index contributed by atoms with van der Waals surface area (Å²) in [5.41, 5.74) is 0. The highest BCUT2D eigenvalue weighted by Crippen LogP contribution is 2.18. The Hall–Kier alpha value is -0.620. The van der Waals surface area contributed by atoms with Gasteiger partial charge in [0.1, 0.15) is 0 Å². The first-order valence-electron chi connectivity index (χ1n) is 5.68. The summed E-state index contributed by atoms with van der Waals surface area (Å²) in [6.07, 6.45) is 3.63. The Kier molecular flexibility index (Phi) is 4.73. The second-order valence-corrected chi connectivity index (χ2v) is 6.23. The number of nitrogens with zero attached hydrogens (tertiary/aromatic N) is 1. The number of piperidine rings is 1. The van der Waals surface area contributed by atoms with Gasteiger partial charge in [-0.1, -0.05) is 6.92 Å². The van der Waals surface area contributed by atoms with Gasteiger partial charge in [0.05, 0.1) is 12.2 Å². The van der Waals surface area contributed by atoms with Gasteiger partial charge in [-0.05, 0) is 19.3 Å². The SMILES string of the molecule is CCCNC(=O)[C@@H]1CCCN(S(C)(=O)=O)C1. The van der Waals surface area contributed by atoms with Gasteiger partial charge in [0.15, 0.2) is 0 Å². The molecule has 1 amide bonds. The summed E-state index contributed by atoms with van der Waals surface area (Å²) in [6, 6.07) is 0. The number of sulfonamides is 1. The Morgan fingerprint density at radius 3 is 2.75 bits per heavy atom. The molecule has 1 atom stereocenters. The Morgan fingerprint density at radius 1 is 1.50 bits per heavy atom. The molecule has 0 aliphatic carbocycles. The van der Waals surface area contributed by atoms with Crippen LogP contribution in [0.4, 0.5) is 0 Å². The lowest BCUT2D eigenvalue weighted by Gasteiger charge is -2.30. The van der Waals surface area contributed by atoms with Gasteiger partial charge < -0.3 is 5.32 Å². The first-order valence-corrected chi connectivity index (χ1v) is 7.52. The molecule has 0 bridgehead atoms. The third-order valence-corrected chi connectivity index (χ3v) is 4.04. The summed E-state index contributed by atoms with van der Waals surface area (Å²) in [7, 11) is -3.16. The maximum Gasteiger partial charge on any atom is 0.224 e. The third kappa shape index (κ3) is 3.75. The summed E-state index contributed by atoms with van der Waals surface area (Å²) >= 11 is 0. The molecule has 0 radical (unpaired) electrons. The Labute approximate surface area is 97.2 Å². The zero-order valence-electron chi connectivity index (χ0n) is 9.90. The lowest BCUT2D eigenvalue weighted by Crippen LogP contribution is -2.45. The van der Waals surface area contributed by atoms with E-state index in [1.54, 1.807) is 0 Å². The number of carbonyl (C=O) groups is 1. The van der Waals surface area contributed by atoms with E-state index in [-0.39, 0.29) is 11.8 Å². The van der Waals surface area contributed by atoms with Crippen LogP contribution in [0.25, 0.3) is 0 Å². The van der Waals surface area contributed by atoms with Gasteiger partial charge in [0.2, 0.25) is 15.9 Å². The number of nitrogens with one attached hydrogen (secondary N) is 1. The van der Waals surface area contributed by atoms with Gasteiger partial charge >= 0.3 is 0 Å². The number of carbonyl (C=O) groups excluding carboxylic acids is 1. The second kappa shape index (κ2) is 5.63. The van der Waals surface area contributed by atoms with Crippen molar-refractivity contribution in [1.82, 2.24) is 9.62 Å². The molecule has 0 aromatic rings. The van der Waals surface area contributed by atoms with Crippen molar-refractivity contribution < 1.29 is 13.2 Å². The standard InChI is InChI=1S/C10H20N2O3S/c1-3-6-11-10(13)9-5-4-7-12(8-9)16(2,14)15/h9H,3-8H2,1-2H3,(H,11,13)/t9-/m1/s1. The molecule has 94 valence electrons. The molecule has 1 fully saturated rings. The Bertz CT molecular complexity index is 340. The molecule has 0 unspecified atom stereocenters. The van der Waals surface area contributed by atoms with Gasteiger partial charge in [0, 0.05) is 19.6 Å². The average Bonchev–Trinajstić information content (AvgIpc) is 2.25. The molecular weight excluding hydrogens is 228 g/mol. The van der Waals surface area contributed by atoms with E-state index in [1.165, 1.54) is 10.6 Å². The average molecular weight is 248 g/mol. The van der Waals surface area contributed by atoms with Crippen LogP contribution in [0.1, 0.15) is 26.2 Å². The van der Waals surface area contributed by atoms with Gasteiger partial charge in [-0.25, -0.2) is 12.7 Å². The minimum atomic E-state index is -3.16. The number of hydrogen-bond acceptors (Lipinski definition) is 3. The fourth-order valence-electron chi connectivity index (χ4n) is 1.85. The lowest BCUT2D eigenvalue weighted by atomic mass is 9.99. The summed E-state index contributed by atoms with van der Waals surface area (Å²) < 4.78 is 24.1. The van der Waals surface area contributed by atoms with Gasteiger partial charge in [0.25, 0.3) is 0 Å². The molecule has 1 N–H and O–H groups in total. The fourth-order valence-corrected chi connectivity index (χ4v) is 2.76. The highest BCUT2D eigenvalue weighted by atomic mass is 32.2. The molecular formula is C10H20N2O3S. The normalized spacial score (nSPS) is 23.0. The fraction of sp³-hybridized carbons (Fsp3) is 0.900. The topological polar surface area (TPSA) is 66.5 Å². The van der Waals surface area contributed by atoms with Crippen molar-refractivity contribution >= 4 is 15.9 Å². The largest absolute Gasteiger partial charge is 0.356 e. The van der Waals surface area contributed by atoms with Crippen LogP contribution in [0, 0.1) is 5.92 Å². The zero-order chi connectivity index (χ0) is 12.2. The molecule has 1 aliphatic heterocycles. The minimum Gasteiger partial charge on any atom is -0.356 e. The summed E-state index contributed by atoms with van der Waals surface area (Å²) in [5.74, 6) is -0.203. The molecule has 0 aromatic heterocycles. The quantitative estimate of drug-likeness (QED) is 0.772. The minimum absolute atomic E-state index is 0.0183. The molecule has 1 rings (SSSR count). The van der Waals surface area contributed by atoms with E-state index >= 15 is 0 Å². The van der Waals surface area contributed by atoms with Crippen LogP contribution >= 0.6 is 0 Å². The van der Waals surface area contributed by atoms with Crippen LogP contribution in [0.5, 0.6) is 0 Å². The van der Waals surface area contributed by atoms with Crippen LogP contribution < -0.4 is 5.32 Å².